The summed E-state index contributed by atoms with van der Waals surface area (Å²) >= 11 is 5.98. The van der Waals surface area contributed by atoms with E-state index in [-0.39, 0.29) is 11.3 Å². The summed E-state index contributed by atoms with van der Waals surface area (Å²) in [6.07, 6.45) is 0. The first-order chi connectivity index (χ1) is 12.3. The molecule has 0 saturated carbocycles. The molecule has 0 bridgehead atoms. The molecule has 136 valence electrons. The van der Waals surface area contributed by atoms with Crippen LogP contribution in [0.15, 0.2) is 36.4 Å². The number of ether oxygens (including phenoxy) is 2. The Bertz CT molecular complexity index is 868. The minimum atomic E-state index is -0.714. The van der Waals surface area contributed by atoms with E-state index in [2.05, 4.69) is 10.1 Å². The Hall–Kier alpha value is -3.13. The van der Waals surface area contributed by atoms with E-state index in [0.717, 1.165) is 6.07 Å². The van der Waals surface area contributed by atoms with Crippen molar-refractivity contribution in [1.29, 1.82) is 0 Å². The molecule has 2 aromatic rings. The van der Waals surface area contributed by atoms with Crippen LogP contribution in [0.25, 0.3) is 0 Å². The predicted molar refractivity (Wildman–Crippen MR) is 94.7 cm³/mol. The number of carbonyl (C=O) groups excluding carboxylic acids is 2. The SMILES string of the molecule is COC(=O)c1ccc(OCC(=O)Nc2cccc(Cl)c2C)c([N+](=O)[O-])c1. The largest absolute Gasteiger partial charge is 0.477 e. The molecular formula is C17H15ClN2O6. The molecule has 0 aliphatic heterocycles. The van der Waals surface area contributed by atoms with Crippen LogP contribution < -0.4 is 10.1 Å². The molecule has 2 aromatic carbocycles. The minimum absolute atomic E-state index is 0.00514. The first-order valence-electron chi connectivity index (χ1n) is 7.38. The van der Waals surface area contributed by atoms with Gasteiger partial charge in [0.25, 0.3) is 5.91 Å². The number of methoxy groups -OCH3 is 1. The Morgan fingerprint density at radius 1 is 1.27 bits per heavy atom. The second kappa shape index (κ2) is 8.30. The minimum Gasteiger partial charge on any atom is -0.477 e. The monoisotopic (exact) mass is 378 g/mol. The third-order valence-electron chi connectivity index (χ3n) is 3.48. The van der Waals surface area contributed by atoms with E-state index in [1.54, 1.807) is 25.1 Å². The molecule has 1 N–H and O–H groups in total. The molecule has 0 aliphatic carbocycles. The fraction of sp³-hybridized carbons (Fsp3) is 0.176. The summed E-state index contributed by atoms with van der Waals surface area (Å²) in [6.45, 7) is 1.29. The van der Waals surface area contributed by atoms with E-state index >= 15 is 0 Å². The molecule has 9 heteroatoms. The van der Waals surface area contributed by atoms with Crippen molar-refractivity contribution in [3.63, 3.8) is 0 Å². The van der Waals surface area contributed by atoms with Gasteiger partial charge in [-0.3, -0.25) is 14.9 Å². The van der Waals surface area contributed by atoms with Gasteiger partial charge in [0.05, 0.1) is 17.6 Å². The second-order valence-corrected chi connectivity index (χ2v) is 5.59. The van der Waals surface area contributed by atoms with E-state index < -0.39 is 29.1 Å². The maximum Gasteiger partial charge on any atom is 0.338 e. The summed E-state index contributed by atoms with van der Waals surface area (Å²) in [4.78, 5) is 33.9. The van der Waals surface area contributed by atoms with Crippen LogP contribution in [-0.2, 0) is 9.53 Å². The molecule has 0 radical (unpaired) electrons. The average Bonchev–Trinajstić information content (AvgIpc) is 2.63. The molecule has 1 amide bonds. The smallest absolute Gasteiger partial charge is 0.338 e. The highest BCUT2D eigenvalue weighted by Crippen LogP contribution is 2.28. The van der Waals surface area contributed by atoms with Crippen molar-refractivity contribution in [3.05, 3.63) is 62.7 Å². The van der Waals surface area contributed by atoms with Crippen LogP contribution in [0.5, 0.6) is 5.75 Å². The van der Waals surface area contributed by atoms with Crippen LogP contribution >= 0.6 is 11.6 Å². The van der Waals surface area contributed by atoms with Gasteiger partial charge in [-0.15, -0.1) is 0 Å². The van der Waals surface area contributed by atoms with Crippen LogP contribution in [-0.4, -0.2) is 30.5 Å². The quantitative estimate of drug-likeness (QED) is 0.469. The van der Waals surface area contributed by atoms with Gasteiger partial charge in [-0.2, -0.15) is 0 Å². The Labute approximate surface area is 153 Å². The van der Waals surface area contributed by atoms with Crippen LogP contribution in [0.4, 0.5) is 11.4 Å². The molecule has 0 atom stereocenters. The van der Waals surface area contributed by atoms with Gasteiger partial charge in [-0.1, -0.05) is 17.7 Å². The normalized spacial score (nSPS) is 10.1. The number of benzene rings is 2. The van der Waals surface area contributed by atoms with E-state index in [1.165, 1.54) is 19.2 Å². The highest BCUT2D eigenvalue weighted by atomic mass is 35.5. The highest BCUT2D eigenvalue weighted by molar-refractivity contribution is 6.31. The third kappa shape index (κ3) is 4.48. The summed E-state index contributed by atoms with van der Waals surface area (Å²) < 4.78 is 9.75. The molecule has 0 unspecified atom stereocenters. The van der Waals surface area contributed by atoms with Crippen molar-refractivity contribution in [3.8, 4) is 5.75 Å². The Morgan fingerprint density at radius 2 is 2.00 bits per heavy atom. The van der Waals surface area contributed by atoms with Gasteiger partial charge in [-0.05, 0) is 36.8 Å². The van der Waals surface area contributed by atoms with E-state index in [0.29, 0.717) is 16.3 Å². The number of nitro benzene ring substituents is 1. The summed E-state index contributed by atoms with van der Waals surface area (Å²) in [7, 11) is 1.17. The number of rotatable bonds is 6. The lowest BCUT2D eigenvalue weighted by atomic mass is 10.2. The first-order valence-corrected chi connectivity index (χ1v) is 7.75. The third-order valence-corrected chi connectivity index (χ3v) is 3.89. The molecule has 2 rings (SSSR count). The Balaban J connectivity index is 2.11. The fourth-order valence-electron chi connectivity index (χ4n) is 2.10. The molecule has 0 aromatic heterocycles. The number of hydrogen-bond acceptors (Lipinski definition) is 6. The van der Waals surface area contributed by atoms with Gasteiger partial charge >= 0.3 is 11.7 Å². The lowest BCUT2D eigenvalue weighted by molar-refractivity contribution is -0.385. The molecule has 0 heterocycles. The summed E-state index contributed by atoms with van der Waals surface area (Å²) in [6, 6.07) is 8.62. The lowest BCUT2D eigenvalue weighted by Gasteiger charge is -2.11. The van der Waals surface area contributed by atoms with Gasteiger partial charge < -0.3 is 14.8 Å². The maximum absolute atomic E-state index is 12.0. The number of nitrogens with zero attached hydrogens (tertiary/aromatic N) is 1. The molecule has 0 spiro atoms. The van der Waals surface area contributed by atoms with Gasteiger partial charge in [-0.25, -0.2) is 4.79 Å². The number of halogens is 1. The zero-order valence-corrected chi connectivity index (χ0v) is 14.7. The van der Waals surface area contributed by atoms with Crippen molar-refractivity contribution in [2.24, 2.45) is 0 Å². The van der Waals surface area contributed by atoms with Gasteiger partial charge in [0.1, 0.15) is 0 Å². The van der Waals surface area contributed by atoms with Gasteiger partial charge in [0.2, 0.25) is 0 Å². The van der Waals surface area contributed by atoms with E-state index in [9.17, 15) is 19.7 Å². The van der Waals surface area contributed by atoms with Crippen molar-refractivity contribution >= 4 is 34.9 Å². The highest BCUT2D eigenvalue weighted by Gasteiger charge is 2.20. The molecule has 26 heavy (non-hydrogen) atoms. The number of carbonyl (C=O) groups is 2. The van der Waals surface area contributed by atoms with Gasteiger partial charge in [0, 0.05) is 16.8 Å². The number of esters is 1. The van der Waals surface area contributed by atoms with Crippen molar-refractivity contribution < 1.29 is 24.0 Å². The molecular weight excluding hydrogens is 364 g/mol. The zero-order valence-electron chi connectivity index (χ0n) is 13.9. The molecule has 0 aliphatic rings. The van der Waals surface area contributed by atoms with Crippen LogP contribution in [0.3, 0.4) is 0 Å². The lowest BCUT2D eigenvalue weighted by Crippen LogP contribution is -2.21. The van der Waals surface area contributed by atoms with Crippen LogP contribution in [0.2, 0.25) is 5.02 Å². The summed E-state index contributed by atoms with van der Waals surface area (Å²) in [5.74, 6) is -1.36. The fourth-order valence-corrected chi connectivity index (χ4v) is 2.27. The second-order valence-electron chi connectivity index (χ2n) is 5.18. The van der Waals surface area contributed by atoms with E-state index in [1.807, 2.05) is 0 Å². The number of hydrogen-bond donors (Lipinski definition) is 1. The number of nitrogens with one attached hydrogen (secondary N) is 1. The molecule has 8 nitrogen and oxygen atoms in total. The van der Waals surface area contributed by atoms with Crippen LogP contribution in [0.1, 0.15) is 15.9 Å². The van der Waals surface area contributed by atoms with Crippen molar-refractivity contribution in [1.82, 2.24) is 0 Å². The topological polar surface area (TPSA) is 108 Å². The summed E-state index contributed by atoms with van der Waals surface area (Å²) in [5.41, 5.74) is 0.766. The average molecular weight is 379 g/mol. The van der Waals surface area contributed by atoms with E-state index in [4.69, 9.17) is 16.3 Å². The Kier molecular flexibility index (Phi) is 6.13. The number of amides is 1. The Morgan fingerprint density at radius 3 is 2.65 bits per heavy atom. The standard InChI is InChI=1S/C17H15ClN2O6/c1-10-12(18)4-3-5-13(10)19-16(21)9-26-15-7-6-11(17(22)25-2)8-14(15)20(23)24/h3-8H,9H2,1-2H3,(H,19,21). The van der Waals surface area contributed by atoms with Gasteiger partial charge in [0.15, 0.2) is 12.4 Å². The number of anilines is 1. The van der Waals surface area contributed by atoms with Crippen molar-refractivity contribution in [2.45, 2.75) is 6.92 Å². The predicted octanol–water partition coefficient (Wildman–Crippen LogP) is 3.36. The number of nitro groups is 1. The van der Waals surface area contributed by atoms with Crippen LogP contribution in [0, 0.1) is 17.0 Å². The summed E-state index contributed by atoms with van der Waals surface area (Å²) in [5, 5.41) is 14.3. The molecule has 0 saturated heterocycles. The van der Waals surface area contributed by atoms with Crippen molar-refractivity contribution in [2.75, 3.05) is 19.0 Å². The first kappa shape index (κ1) is 19.2. The molecule has 0 fully saturated rings. The zero-order chi connectivity index (χ0) is 19.3. The maximum atomic E-state index is 12.0.